The highest BCUT2D eigenvalue weighted by molar-refractivity contribution is 7.09. The lowest BCUT2D eigenvalue weighted by Gasteiger charge is -2.24. The maximum Gasteiger partial charge on any atom is 0.230 e. The van der Waals surface area contributed by atoms with E-state index in [1.807, 2.05) is 50.4 Å². The van der Waals surface area contributed by atoms with E-state index < -0.39 is 5.41 Å². The zero-order valence-corrected chi connectivity index (χ0v) is 14.0. The smallest absolute Gasteiger partial charge is 0.230 e. The van der Waals surface area contributed by atoms with Crippen molar-refractivity contribution in [3.05, 3.63) is 50.9 Å². The van der Waals surface area contributed by atoms with Crippen LogP contribution in [0, 0.1) is 6.92 Å². The van der Waals surface area contributed by atoms with Crippen molar-refractivity contribution in [1.29, 1.82) is 0 Å². The third kappa shape index (κ3) is 4.05. The normalized spacial score (nSPS) is 11.4. The molecule has 1 amide bonds. The average Bonchev–Trinajstić information content (AvgIpc) is 2.84. The molecule has 21 heavy (non-hydrogen) atoms. The number of aryl methyl sites for hydroxylation is 1. The Labute approximate surface area is 134 Å². The summed E-state index contributed by atoms with van der Waals surface area (Å²) >= 11 is 7.63. The maximum absolute atomic E-state index is 12.4. The number of nitrogens with zero attached hydrogens (tertiary/aromatic N) is 1. The molecule has 2 aromatic rings. The number of aromatic nitrogens is 1. The molecule has 112 valence electrons. The predicted octanol–water partition coefficient (Wildman–Crippen LogP) is 3.74. The molecule has 0 unspecified atom stereocenters. The van der Waals surface area contributed by atoms with Gasteiger partial charge in [0.15, 0.2) is 0 Å². The highest BCUT2D eigenvalue weighted by Gasteiger charge is 2.29. The molecule has 0 atom stereocenters. The molecule has 0 spiro atoms. The topological polar surface area (TPSA) is 42.0 Å². The Bertz CT molecular complexity index is 637. The van der Waals surface area contributed by atoms with Gasteiger partial charge in [-0.25, -0.2) is 4.98 Å². The van der Waals surface area contributed by atoms with Crippen LogP contribution in [0.25, 0.3) is 0 Å². The minimum absolute atomic E-state index is 0.00181. The number of hydrogen-bond acceptors (Lipinski definition) is 3. The molecule has 0 bridgehead atoms. The fourth-order valence-corrected chi connectivity index (χ4v) is 3.00. The lowest BCUT2D eigenvalue weighted by molar-refractivity contribution is -0.125. The summed E-state index contributed by atoms with van der Waals surface area (Å²) < 4.78 is 0. The molecule has 1 N–H and O–H groups in total. The Kier molecular flexibility index (Phi) is 5.01. The second-order valence-corrected chi connectivity index (χ2v) is 6.90. The quantitative estimate of drug-likeness (QED) is 0.911. The Balaban J connectivity index is 1.95. The first-order chi connectivity index (χ1) is 9.89. The van der Waals surface area contributed by atoms with Crippen molar-refractivity contribution >= 4 is 28.8 Å². The van der Waals surface area contributed by atoms with Crippen molar-refractivity contribution < 1.29 is 4.79 Å². The molecular formula is C16H19ClN2OS. The Morgan fingerprint density at radius 3 is 2.81 bits per heavy atom. The van der Waals surface area contributed by atoms with Crippen LogP contribution in [0.15, 0.2) is 29.6 Å². The van der Waals surface area contributed by atoms with Gasteiger partial charge in [0.25, 0.3) is 0 Å². The third-order valence-corrected chi connectivity index (χ3v) is 4.67. The first kappa shape index (κ1) is 16.0. The van der Waals surface area contributed by atoms with E-state index in [2.05, 4.69) is 10.3 Å². The molecule has 0 aliphatic carbocycles. The van der Waals surface area contributed by atoms with Crippen molar-refractivity contribution in [2.24, 2.45) is 0 Å². The zero-order chi connectivity index (χ0) is 15.5. The fraction of sp³-hybridized carbons (Fsp3) is 0.375. The summed E-state index contributed by atoms with van der Waals surface area (Å²) in [7, 11) is 0. The number of carbonyl (C=O) groups excluding carboxylic acids is 1. The van der Waals surface area contributed by atoms with Gasteiger partial charge in [-0.15, -0.1) is 11.3 Å². The third-order valence-electron chi connectivity index (χ3n) is 3.40. The Hall–Kier alpha value is -1.39. The van der Waals surface area contributed by atoms with Crippen LogP contribution in [0.1, 0.15) is 30.1 Å². The van der Waals surface area contributed by atoms with Crippen molar-refractivity contribution in [2.75, 3.05) is 6.54 Å². The Morgan fingerprint density at radius 2 is 2.19 bits per heavy atom. The van der Waals surface area contributed by atoms with Crippen LogP contribution in [-0.4, -0.2) is 17.4 Å². The van der Waals surface area contributed by atoms with Gasteiger partial charge >= 0.3 is 0 Å². The van der Waals surface area contributed by atoms with E-state index in [1.54, 1.807) is 11.3 Å². The van der Waals surface area contributed by atoms with Crippen LogP contribution in [0.5, 0.6) is 0 Å². The minimum atomic E-state index is -0.607. The number of rotatable bonds is 5. The summed E-state index contributed by atoms with van der Waals surface area (Å²) in [5.74, 6) is -0.00181. The van der Waals surface area contributed by atoms with Gasteiger partial charge < -0.3 is 5.32 Å². The van der Waals surface area contributed by atoms with E-state index in [4.69, 9.17) is 11.6 Å². The summed E-state index contributed by atoms with van der Waals surface area (Å²) in [6.45, 7) is 6.37. The minimum Gasteiger partial charge on any atom is -0.355 e. The maximum atomic E-state index is 12.4. The zero-order valence-electron chi connectivity index (χ0n) is 12.4. The van der Waals surface area contributed by atoms with Crippen LogP contribution >= 0.6 is 22.9 Å². The Morgan fingerprint density at radius 1 is 1.43 bits per heavy atom. The second kappa shape index (κ2) is 6.58. The number of benzene rings is 1. The van der Waals surface area contributed by atoms with Gasteiger partial charge in [0.1, 0.15) is 0 Å². The number of thiazole rings is 1. The highest BCUT2D eigenvalue weighted by atomic mass is 35.5. The molecule has 0 aliphatic heterocycles. The van der Waals surface area contributed by atoms with Crippen LogP contribution in [0.4, 0.5) is 0 Å². The number of amides is 1. The molecule has 0 saturated carbocycles. The first-order valence-corrected chi connectivity index (χ1v) is 8.10. The van der Waals surface area contributed by atoms with Crippen LogP contribution < -0.4 is 5.32 Å². The molecular weight excluding hydrogens is 304 g/mol. The summed E-state index contributed by atoms with van der Waals surface area (Å²) in [4.78, 5) is 16.8. The molecule has 0 radical (unpaired) electrons. The molecule has 3 nitrogen and oxygen atoms in total. The average molecular weight is 323 g/mol. The van der Waals surface area contributed by atoms with Crippen molar-refractivity contribution in [1.82, 2.24) is 10.3 Å². The van der Waals surface area contributed by atoms with E-state index in [9.17, 15) is 4.79 Å². The lowest BCUT2D eigenvalue weighted by atomic mass is 9.84. The molecule has 5 heteroatoms. The van der Waals surface area contributed by atoms with Gasteiger partial charge in [-0.1, -0.05) is 23.7 Å². The van der Waals surface area contributed by atoms with E-state index >= 15 is 0 Å². The van der Waals surface area contributed by atoms with Gasteiger partial charge in [-0.2, -0.15) is 0 Å². The van der Waals surface area contributed by atoms with Gasteiger partial charge in [0.2, 0.25) is 5.91 Å². The lowest BCUT2D eigenvalue weighted by Crippen LogP contribution is -2.40. The van der Waals surface area contributed by atoms with Gasteiger partial charge in [-0.3, -0.25) is 4.79 Å². The molecule has 1 aromatic heterocycles. The molecule has 2 rings (SSSR count). The standard InChI is InChI=1S/C16H19ClN2OS/c1-11-10-21-14(19-11)7-8-18-15(20)16(2,3)12-5-4-6-13(17)9-12/h4-6,9-10H,7-8H2,1-3H3,(H,18,20). The summed E-state index contributed by atoms with van der Waals surface area (Å²) in [6.07, 6.45) is 0.760. The molecule has 1 aromatic carbocycles. The predicted molar refractivity (Wildman–Crippen MR) is 88.0 cm³/mol. The summed E-state index contributed by atoms with van der Waals surface area (Å²) in [5, 5.41) is 6.70. The fourth-order valence-electron chi connectivity index (χ4n) is 2.03. The number of carbonyl (C=O) groups is 1. The van der Waals surface area contributed by atoms with Gasteiger partial charge in [-0.05, 0) is 38.5 Å². The molecule has 1 heterocycles. The molecule has 0 saturated heterocycles. The second-order valence-electron chi connectivity index (χ2n) is 5.52. The largest absolute Gasteiger partial charge is 0.355 e. The van der Waals surface area contributed by atoms with Gasteiger partial charge in [0, 0.05) is 29.1 Å². The van der Waals surface area contributed by atoms with E-state index in [0.717, 1.165) is 22.7 Å². The number of halogens is 1. The van der Waals surface area contributed by atoms with Crippen LogP contribution in [-0.2, 0) is 16.6 Å². The van der Waals surface area contributed by atoms with Crippen molar-refractivity contribution in [2.45, 2.75) is 32.6 Å². The summed E-state index contributed by atoms with van der Waals surface area (Å²) in [5.41, 5.74) is 1.34. The number of hydrogen-bond donors (Lipinski definition) is 1. The van der Waals surface area contributed by atoms with Crippen LogP contribution in [0.2, 0.25) is 5.02 Å². The highest BCUT2D eigenvalue weighted by Crippen LogP contribution is 2.25. The monoisotopic (exact) mass is 322 g/mol. The SMILES string of the molecule is Cc1csc(CCNC(=O)C(C)(C)c2cccc(Cl)c2)n1. The van der Waals surface area contributed by atoms with Gasteiger partial charge in [0.05, 0.1) is 10.4 Å². The van der Waals surface area contributed by atoms with E-state index in [1.165, 1.54) is 0 Å². The number of nitrogens with one attached hydrogen (secondary N) is 1. The van der Waals surface area contributed by atoms with E-state index in [0.29, 0.717) is 11.6 Å². The molecule has 0 aliphatic rings. The van der Waals surface area contributed by atoms with Crippen LogP contribution in [0.3, 0.4) is 0 Å². The first-order valence-electron chi connectivity index (χ1n) is 6.85. The molecule has 0 fully saturated rings. The van der Waals surface area contributed by atoms with Crippen molar-refractivity contribution in [3.63, 3.8) is 0 Å². The van der Waals surface area contributed by atoms with Crippen molar-refractivity contribution in [3.8, 4) is 0 Å². The summed E-state index contributed by atoms with van der Waals surface area (Å²) in [6, 6.07) is 7.44. The van der Waals surface area contributed by atoms with E-state index in [-0.39, 0.29) is 5.91 Å².